The van der Waals surface area contributed by atoms with Crippen LogP contribution < -0.4 is 10.1 Å². The van der Waals surface area contributed by atoms with Gasteiger partial charge >= 0.3 is 6.61 Å². The number of benzene rings is 1. The number of nitrogens with one attached hydrogen (secondary N) is 1. The van der Waals surface area contributed by atoms with Gasteiger partial charge in [-0.15, -0.1) is 0 Å². The molecule has 0 aliphatic carbocycles. The van der Waals surface area contributed by atoms with Gasteiger partial charge in [0.2, 0.25) is 5.95 Å². The van der Waals surface area contributed by atoms with Crippen LogP contribution in [0.2, 0.25) is 0 Å². The first-order chi connectivity index (χ1) is 10.0. The van der Waals surface area contributed by atoms with Crippen molar-refractivity contribution in [2.45, 2.75) is 13.2 Å². The summed E-state index contributed by atoms with van der Waals surface area (Å²) in [6.45, 7) is -2.67. The highest BCUT2D eigenvalue weighted by Gasteiger charge is 2.07. The van der Waals surface area contributed by atoms with Gasteiger partial charge in [-0.25, -0.2) is 4.98 Å². The zero-order chi connectivity index (χ0) is 15.2. The fourth-order valence-corrected chi connectivity index (χ4v) is 1.58. The molecule has 0 aliphatic rings. The second-order valence-electron chi connectivity index (χ2n) is 4.07. The molecule has 0 spiro atoms. The molecule has 1 heterocycles. The first kappa shape index (κ1) is 14.8. The Morgan fingerprint density at radius 2 is 1.90 bits per heavy atom. The van der Waals surface area contributed by atoms with E-state index in [0.717, 1.165) is 12.3 Å². The molecule has 0 radical (unpaired) electrons. The van der Waals surface area contributed by atoms with Gasteiger partial charge in [0.05, 0.1) is 5.56 Å². The van der Waals surface area contributed by atoms with Gasteiger partial charge in [-0.3, -0.25) is 4.79 Å². The molecule has 2 rings (SSSR count). The summed E-state index contributed by atoms with van der Waals surface area (Å²) in [4.78, 5) is 15.1. The first-order valence-corrected chi connectivity index (χ1v) is 5.98. The van der Waals surface area contributed by atoms with Crippen molar-refractivity contribution in [1.29, 1.82) is 0 Å². The van der Waals surface area contributed by atoms with Gasteiger partial charge in [-0.2, -0.15) is 13.2 Å². The van der Waals surface area contributed by atoms with Crippen LogP contribution in [0, 0.1) is 5.95 Å². The van der Waals surface area contributed by atoms with Gasteiger partial charge in [-0.1, -0.05) is 12.1 Å². The van der Waals surface area contributed by atoms with Crippen molar-refractivity contribution >= 4 is 5.91 Å². The molecular weight excluding hydrogens is 285 g/mol. The number of halogens is 3. The van der Waals surface area contributed by atoms with Crippen LogP contribution in [0.3, 0.4) is 0 Å². The lowest BCUT2D eigenvalue weighted by molar-refractivity contribution is -0.0498. The highest BCUT2D eigenvalue weighted by atomic mass is 19.3. The number of amides is 1. The van der Waals surface area contributed by atoms with E-state index in [9.17, 15) is 18.0 Å². The molecule has 0 aliphatic heterocycles. The number of alkyl halides is 2. The zero-order valence-electron chi connectivity index (χ0n) is 10.7. The molecule has 110 valence electrons. The van der Waals surface area contributed by atoms with E-state index in [4.69, 9.17) is 0 Å². The van der Waals surface area contributed by atoms with Crippen LogP contribution in [-0.4, -0.2) is 17.5 Å². The number of carbonyl (C=O) groups is 1. The lowest BCUT2D eigenvalue weighted by Gasteiger charge is -2.07. The molecule has 2 aromatic rings. The van der Waals surface area contributed by atoms with Gasteiger partial charge in [0.25, 0.3) is 5.91 Å². The monoisotopic (exact) mass is 296 g/mol. The Morgan fingerprint density at radius 3 is 2.48 bits per heavy atom. The normalized spacial score (nSPS) is 10.5. The van der Waals surface area contributed by atoms with Gasteiger partial charge in [0.1, 0.15) is 5.75 Å². The maximum Gasteiger partial charge on any atom is 0.387 e. The SMILES string of the molecule is O=C(NCc1ccc(OC(F)F)cc1)c1ccc(F)nc1. The summed E-state index contributed by atoms with van der Waals surface area (Å²) in [5.41, 5.74) is 0.939. The highest BCUT2D eigenvalue weighted by molar-refractivity contribution is 5.93. The van der Waals surface area contributed by atoms with Crippen LogP contribution in [0.1, 0.15) is 15.9 Å². The number of hydrogen-bond acceptors (Lipinski definition) is 3. The Kier molecular flexibility index (Phi) is 4.76. The summed E-state index contributed by atoms with van der Waals surface area (Å²) < 4.78 is 40.8. The maximum atomic E-state index is 12.6. The fourth-order valence-electron chi connectivity index (χ4n) is 1.58. The second-order valence-corrected chi connectivity index (χ2v) is 4.07. The fraction of sp³-hybridized carbons (Fsp3) is 0.143. The number of carbonyl (C=O) groups excluding carboxylic acids is 1. The minimum absolute atomic E-state index is 0.0443. The van der Waals surface area contributed by atoms with Crippen LogP contribution in [-0.2, 0) is 6.54 Å². The molecule has 1 aromatic heterocycles. The Labute approximate surface area is 118 Å². The number of aromatic nitrogens is 1. The summed E-state index contributed by atoms with van der Waals surface area (Å²) in [7, 11) is 0. The quantitative estimate of drug-likeness (QED) is 0.863. The number of pyridine rings is 1. The minimum atomic E-state index is -2.87. The number of rotatable bonds is 5. The van der Waals surface area contributed by atoms with Gasteiger partial charge in [0, 0.05) is 12.7 Å². The largest absolute Gasteiger partial charge is 0.435 e. The summed E-state index contributed by atoms with van der Waals surface area (Å²) in [6.07, 6.45) is 1.13. The van der Waals surface area contributed by atoms with Crippen molar-refractivity contribution in [2.75, 3.05) is 0 Å². The molecule has 0 saturated carbocycles. The predicted molar refractivity (Wildman–Crippen MR) is 68.4 cm³/mol. The van der Waals surface area contributed by atoms with Gasteiger partial charge in [-0.05, 0) is 29.8 Å². The van der Waals surface area contributed by atoms with Crippen LogP contribution in [0.25, 0.3) is 0 Å². The molecule has 7 heteroatoms. The third kappa shape index (κ3) is 4.48. The molecule has 1 amide bonds. The molecule has 4 nitrogen and oxygen atoms in total. The third-order valence-electron chi connectivity index (χ3n) is 2.59. The van der Waals surface area contributed by atoms with E-state index < -0.39 is 18.5 Å². The van der Waals surface area contributed by atoms with E-state index in [-0.39, 0.29) is 17.9 Å². The van der Waals surface area contributed by atoms with Crippen molar-refractivity contribution in [2.24, 2.45) is 0 Å². The van der Waals surface area contributed by atoms with Crippen molar-refractivity contribution in [3.8, 4) is 5.75 Å². The number of ether oxygens (including phenoxy) is 1. The third-order valence-corrected chi connectivity index (χ3v) is 2.59. The Morgan fingerprint density at radius 1 is 1.19 bits per heavy atom. The molecule has 0 unspecified atom stereocenters. The Balaban J connectivity index is 1.90. The summed E-state index contributed by atoms with van der Waals surface area (Å²) >= 11 is 0. The second kappa shape index (κ2) is 6.74. The topological polar surface area (TPSA) is 51.2 Å². The van der Waals surface area contributed by atoms with Crippen LogP contribution >= 0.6 is 0 Å². The van der Waals surface area contributed by atoms with E-state index in [1.165, 1.54) is 18.2 Å². The molecule has 0 saturated heterocycles. The van der Waals surface area contributed by atoms with Crippen LogP contribution in [0.5, 0.6) is 5.75 Å². The average Bonchev–Trinajstić information content (AvgIpc) is 2.46. The average molecular weight is 296 g/mol. The maximum absolute atomic E-state index is 12.6. The van der Waals surface area contributed by atoms with Crippen molar-refractivity contribution < 1.29 is 22.7 Å². The van der Waals surface area contributed by atoms with E-state index in [2.05, 4.69) is 15.0 Å². The lowest BCUT2D eigenvalue weighted by atomic mass is 10.2. The van der Waals surface area contributed by atoms with Gasteiger partial charge < -0.3 is 10.1 Å². The summed E-state index contributed by atoms with van der Waals surface area (Å²) in [5.74, 6) is -1.03. The van der Waals surface area contributed by atoms with Gasteiger partial charge in [0.15, 0.2) is 0 Å². The summed E-state index contributed by atoms with van der Waals surface area (Å²) in [6, 6.07) is 8.28. The molecule has 1 aromatic carbocycles. The van der Waals surface area contributed by atoms with Crippen molar-refractivity contribution in [3.05, 3.63) is 59.7 Å². The van der Waals surface area contributed by atoms with E-state index in [1.54, 1.807) is 12.1 Å². The van der Waals surface area contributed by atoms with E-state index in [0.29, 0.717) is 5.56 Å². The van der Waals surface area contributed by atoms with E-state index >= 15 is 0 Å². The minimum Gasteiger partial charge on any atom is -0.435 e. The Hall–Kier alpha value is -2.57. The molecule has 0 atom stereocenters. The molecule has 0 bridgehead atoms. The standard InChI is InChI=1S/C14H11F3N2O2/c15-12-6-3-10(8-18-12)13(20)19-7-9-1-4-11(5-2-9)21-14(16)17/h1-6,8,14H,7H2,(H,19,20). The van der Waals surface area contributed by atoms with Crippen molar-refractivity contribution in [3.63, 3.8) is 0 Å². The smallest absolute Gasteiger partial charge is 0.387 e. The molecule has 0 fully saturated rings. The summed E-state index contributed by atoms with van der Waals surface area (Å²) in [5, 5.41) is 2.60. The van der Waals surface area contributed by atoms with E-state index in [1.807, 2.05) is 0 Å². The Bertz CT molecular complexity index is 601. The first-order valence-electron chi connectivity index (χ1n) is 5.98. The number of hydrogen-bond donors (Lipinski definition) is 1. The predicted octanol–water partition coefficient (Wildman–Crippen LogP) is 2.75. The van der Waals surface area contributed by atoms with Crippen LogP contribution in [0.15, 0.2) is 42.6 Å². The zero-order valence-corrected chi connectivity index (χ0v) is 10.7. The molecule has 21 heavy (non-hydrogen) atoms. The molecule has 1 N–H and O–H groups in total. The highest BCUT2D eigenvalue weighted by Crippen LogP contribution is 2.14. The number of nitrogens with zero attached hydrogens (tertiary/aromatic N) is 1. The molecular formula is C14H11F3N2O2. The van der Waals surface area contributed by atoms with Crippen LogP contribution in [0.4, 0.5) is 13.2 Å². The lowest BCUT2D eigenvalue weighted by Crippen LogP contribution is -2.22. The van der Waals surface area contributed by atoms with Crippen molar-refractivity contribution in [1.82, 2.24) is 10.3 Å².